The third-order valence-electron chi connectivity index (χ3n) is 14.3. The minimum atomic E-state index is -0.779. The van der Waals surface area contributed by atoms with Crippen molar-refractivity contribution in [2.24, 2.45) is 0 Å². The van der Waals surface area contributed by atoms with Crippen molar-refractivity contribution in [3.63, 3.8) is 0 Å². The largest absolute Gasteiger partial charge is 0.462 e. The Bertz CT molecular complexity index is 1210. The molecule has 0 fully saturated rings. The fourth-order valence-electron chi connectivity index (χ4n) is 9.49. The standard InChI is InChI=1S/C66H122O6/c1-4-7-10-13-16-19-22-25-28-31-33-35-38-41-44-47-50-53-56-59-65(68)71-62-63(61-70-64(67)58-55-52-49-46-43-40-37-30-27-24-21-18-15-12-9-6-3)72-66(69)60-57-54-51-48-45-42-39-36-34-32-29-26-23-20-17-14-11-8-5-2/h30-34,37,63H,4-29,35-36,38-62H2,1-3H3/b33-31-,34-32-,37-30-. The Morgan fingerprint density at radius 2 is 0.458 bits per heavy atom. The van der Waals surface area contributed by atoms with Gasteiger partial charge in [0.1, 0.15) is 13.2 Å². The Morgan fingerprint density at radius 1 is 0.264 bits per heavy atom. The molecular weight excluding hydrogens is 889 g/mol. The zero-order chi connectivity index (χ0) is 52.2. The van der Waals surface area contributed by atoms with E-state index >= 15 is 0 Å². The van der Waals surface area contributed by atoms with Gasteiger partial charge in [-0.1, -0.05) is 269 Å². The van der Waals surface area contributed by atoms with E-state index in [0.29, 0.717) is 19.3 Å². The molecule has 1 atom stereocenters. The topological polar surface area (TPSA) is 78.9 Å². The first-order chi connectivity index (χ1) is 35.5. The fraction of sp³-hybridized carbons (Fsp3) is 0.864. The second kappa shape index (κ2) is 61.2. The molecule has 0 aliphatic carbocycles. The molecule has 0 aromatic heterocycles. The molecule has 0 amide bonds. The van der Waals surface area contributed by atoms with Gasteiger partial charge in [-0.2, -0.15) is 0 Å². The predicted octanol–water partition coefficient (Wildman–Crippen LogP) is 21.6. The van der Waals surface area contributed by atoms with E-state index in [0.717, 1.165) is 64.2 Å². The number of esters is 3. The lowest BCUT2D eigenvalue weighted by Gasteiger charge is -2.18. The van der Waals surface area contributed by atoms with Crippen molar-refractivity contribution in [3.05, 3.63) is 36.5 Å². The molecule has 0 heterocycles. The van der Waals surface area contributed by atoms with Gasteiger partial charge < -0.3 is 14.2 Å². The summed E-state index contributed by atoms with van der Waals surface area (Å²) >= 11 is 0. The van der Waals surface area contributed by atoms with Crippen molar-refractivity contribution in [1.29, 1.82) is 0 Å². The second-order valence-corrected chi connectivity index (χ2v) is 21.7. The van der Waals surface area contributed by atoms with Gasteiger partial charge in [0.2, 0.25) is 0 Å². The van der Waals surface area contributed by atoms with Crippen LogP contribution >= 0.6 is 0 Å². The first-order valence-corrected chi connectivity index (χ1v) is 32.0. The summed E-state index contributed by atoms with van der Waals surface area (Å²) in [5.41, 5.74) is 0. The average molecular weight is 1010 g/mol. The van der Waals surface area contributed by atoms with Crippen LogP contribution in [0.1, 0.15) is 348 Å². The smallest absolute Gasteiger partial charge is 0.306 e. The van der Waals surface area contributed by atoms with Crippen molar-refractivity contribution in [2.45, 2.75) is 354 Å². The maximum Gasteiger partial charge on any atom is 0.306 e. The average Bonchev–Trinajstić information content (AvgIpc) is 3.38. The Hall–Kier alpha value is -2.37. The van der Waals surface area contributed by atoms with Gasteiger partial charge in [-0.25, -0.2) is 0 Å². The number of carbonyl (C=O) groups is 3. The molecule has 0 aliphatic rings. The highest BCUT2D eigenvalue weighted by Gasteiger charge is 2.19. The van der Waals surface area contributed by atoms with E-state index in [4.69, 9.17) is 14.2 Å². The minimum absolute atomic E-state index is 0.0761. The van der Waals surface area contributed by atoms with E-state index in [-0.39, 0.29) is 31.1 Å². The third kappa shape index (κ3) is 58.5. The SMILES string of the molecule is CCCCCCCCC/C=C\CCCCCCCC(=O)OCC(COC(=O)CCCCCCCCC/C=C\CCCCCCCCCC)OC(=O)CCCCCCCCC/C=C\CCCCCCCCCC. The molecule has 422 valence electrons. The number of ether oxygens (including phenoxy) is 3. The van der Waals surface area contributed by atoms with Crippen LogP contribution in [-0.2, 0) is 28.6 Å². The van der Waals surface area contributed by atoms with Gasteiger partial charge in [0.25, 0.3) is 0 Å². The molecule has 72 heavy (non-hydrogen) atoms. The Labute approximate surface area is 448 Å². The summed E-state index contributed by atoms with van der Waals surface area (Å²) in [6, 6.07) is 0. The third-order valence-corrected chi connectivity index (χ3v) is 14.3. The molecular formula is C66H122O6. The molecule has 0 spiro atoms. The number of hydrogen-bond donors (Lipinski definition) is 0. The Morgan fingerprint density at radius 3 is 0.694 bits per heavy atom. The fourth-order valence-corrected chi connectivity index (χ4v) is 9.49. The maximum absolute atomic E-state index is 12.9. The van der Waals surface area contributed by atoms with E-state index in [1.54, 1.807) is 0 Å². The summed E-state index contributed by atoms with van der Waals surface area (Å²) < 4.78 is 16.9. The highest BCUT2D eigenvalue weighted by molar-refractivity contribution is 5.71. The summed E-state index contributed by atoms with van der Waals surface area (Å²) in [5, 5.41) is 0. The first-order valence-electron chi connectivity index (χ1n) is 32.0. The molecule has 1 unspecified atom stereocenters. The van der Waals surface area contributed by atoms with Gasteiger partial charge in [-0.15, -0.1) is 0 Å². The van der Waals surface area contributed by atoms with Gasteiger partial charge in [0.05, 0.1) is 0 Å². The Kier molecular flexibility index (Phi) is 59.2. The molecule has 0 bridgehead atoms. The molecule has 0 aromatic rings. The van der Waals surface area contributed by atoms with Crippen LogP contribution in [0.4, 0.5) is 0 Å². The summed E-state index contributed by atoms with van der Waals surface area (Å²) in [6.07, 6.45) is 74.3. The van der Waals surface area contributed by atoms with Gasteiger partial charge in [-0.05, 0) is 96.3 Å². The molecule has 6 nitrogen and oxygen atoms in total. The quantitative estimate of drug-likeness (QED) is 0.0261. The molecule has 0 radical (unpaired) electrons. The molecule has 6 heteroatoms. The number of unbranched alkanes of at least 4 members (excludes halogenated alkanes) is 42. The van der Waals surface area contributed by atoms with Crippen LogP contribution in [0.15, 0.2) is 36.5 Å². The minimum Gasteiger partial charge on any atom is -0.462 e. The van der Waals surface area contributed by atoms with Crippen LogP contribution in [0.3, 0.4) is 0 Å². The number of carbonyl (C=O) groups excluding carboxylic acids is 3. The number of hydrogen-bond acceptors (Lipinski definition) is 6. The maximum atomic E-state index is 12.9. The molecule has 0 aromatic carbocycles. The van der Waals surface area contributed by atoms with Gasteiger partial charge in [-0.3, -0.25) is 14.4 Å². The van der Waals surface area contributed by atoms with Gasteiger partial charge >= 0.3 is 17.9 Å². The summed E-state index contributed by atoms with van der Waals surface area (Å²) in [4.78, 5) is 38.3. The van der Waals surface area contributed by atoms with Crippen molar-refractivity contribution in [1.82, 2.24) is 0 Å². The lowest BCUT2D eigenvalue weighted by atomic mass is 10.1. The lowest BCUT2D eigenvalue weighted by molar-refractivity contribution is -0.167. The highest BCUT2D eigenvalue weighted by Crippen LogP contribution is 2.16. The summed E-state index contributed by atoms with van der Waals surface area (Å²) in [6.45, 7) is 6.68. The zero-order valence-electron chi connectivity index (χ0n) is 48.5. The molecule has 0 aliphatic heterocycles. The van der Waals surface area contributed by atoms with E-state index in [9.17, 15) is 14.4 Å². The molecule has 0 saturated heterocycles. The lowest BCUT2D eigenvalue weighted by Crippen LogP contribution is -2.30. The highest BCUT2D eigenvalue weighted by atomic mass is 16.6. The van der Waals surface area contributed by atoms with Crippen molar-refractivity contribution >= 4 is 17.9 Å². The van der Waals surface area contributed by atoms with E-state index in [1.165, 1.54) is 244 Å². The monoisotopic (exact) mass is 1010 g/mol. The second-order valence-electron chi connectivity index (χ2n) is 21.7. The van der Waals surface area contributed by atoms with E-state index in [2.05, 4.69) is 57.2 Å². The normalized spacial score (nSPS) is 12.2. The molecule has 0 saturated carbocycles. The number of rotatable bonds is 59. The van der Waals surface area contributed by atoms with Gasteiger partial charge in [0, 0.05) is 19.3 Å². The number of allylic oxidation sites excluding steroid dienone is 6. The van der Waals surface area contributed by atoms with Crippen LogP contribution < -0.4 is 0 Å². The van der Waals surface area contributed by atoms with Crippen LogP contribution in [0, 0.1) is 0 Å². The summed E-state index contributed by atoms with van der Waals surface area (Å²) in [7, 11) is 0. The van der Waals surface area contributed by atoms with Crippen LogP contribution in [-0.4, -0.2) is 37.2 Å². The first kappa shape index (κ1) is 69.6. The Balaban J connectivity index is 4.36. The van der Waals surface area contributed by atoms with E-state index < -0.39 is 6.10 Å². The molecule has 0 rings (SSSR count). The van der Waals surface area contributed by atoms with E-state index in [1.807, 2.05) is 0 Å². The van der Waals surface area contributed by atoms with Crippen LogP contribution in [0.5, 0.6) is 0 Å². The van der Waals surface area contributed by atoms with Crippen molar-refractivity contribution in [3.8, 4) is 0 Å². The molecule has 0 N–H and O–H groups in total. The van der Waals surface area contributed by atoms with Crippen molar-refractivity contribution in [2.75, 3.05) is 13.2 Å². The zero-order valence-corrected chi connectivity index (χ0v) is 48.5. The van der Waals surface area contributed by atoms with Crippen molar-refractivity contribution < 1.29 is 28.6 Å². The van der Waals surface area contributed by atoms with Crippen LogP contribution in [0.2, 0.25) is 0 Å². The predicted molar refractivity (Wildman–Crippen MR) is 312 cm³/mol. The van der Waals surface area contributed by atoms with Crippen LogP contribution in [0.25, 0.3) is 0 Å². The summed E-state index contributed by atoms with van der Waals surface area (Å²) in [5.74, 6) is -0.871. The van der Waals surface area contributed by atoms with Gasteiger partial charge in [0.15, 0.2) is 6.10 Å².